The predicted octanol–water partition coefficient (Wildman–Crippen LogP) is 3.20. The van der Waals surface area contributed by atoms with Crippen LogP contribution in [0.2, 0.25) is 0 Å². The summed E-state index contributed by atoms with van der Waals surface area (Å²) in [6, 6.07) is 6.55. The first kappa shape index (κ1) is 15.5. The highest BCUT2D eigenvalue weighted by Crippen LogP contribution is 2.24. The van der Waals surface area contributed by atoms with Gasteiger partial charge in [0.2, 0.25) is 0 Å². The number of ether oxygens (including phenoxy) is 1. The van der Waals surface area contributed by atoms with Gasteiger partial charge in [0.15, 0.2) is 0 Å². The van der Waals surface area contributed by atoms with Gasteiger partial charge in [0, 0.05) is 18.7 Å². The van der Waals surface area contributed by atoms with Crippen molar-refractivity contribution in [1.29, 1.82) is 5.26 Å². The number of nitrogens with one attached hydrogen (secondary N) is 1. The Balaban J connectivity index is 2.71. The zero-order valence-electron chi connectivity index (χ0n) is 12.6. The van der Waals surface area contributed by atoms with E-state index in [2.05, 4.69) is 45.1 Å². The van der Waals surface area contributed by atoms with Crippen LogP contribution in [0.1, 0.15) is 30.5 Å². The number of aryl methyl sites for hydroxylation is 2. The van der Waals surface area contributed by atoms with Crippen molar-refractivity contribution in [2.45, 2.75) is 34.2 Å². The molecule has 19 heavy (non-hydrogen) atoms. The number of rotatable bonds is 6. The van der Waals surface area contributed by atoms with E-state index in [9.17, 15) is 0 Å². The molecular weight excluding hydrogens is 236 g/mol. The minimum absolute atomic E-state index is 0.0525. The molecule has 0 aromatic heterocycles. The monoisotopic (exact) mass is 260 g/mol. The Morgan fingerprint density at radius 1 is 1.32 bits per heavy atom. The van der Waals surface area contributed by atoms with E-state index in [4.69, 9.17) is 10.00 Å². The van der Waals surface area contributed by atoms with Crippen molar-refractivity contribution in [3.8, 4) is 11.8 Å². The molecule has 1 unspecified atom stereocenters. The fraction of sp³-hybridized carbons (Fsp3) is 0.562. The lowest BCUT2D eigenvalue weighted by molar-refractivity contribution is 0.402. The van der Waals surface area contributed by atoms with Crippen molar-refractivity contribution in [3.63, 3.8) is 0 Å². The number of nitrogens with zero attached hydrogens (tertiary/aromatic N) is 1. The molecule has 0 aliphatic heterocycles. The molecule has 3 nitrogen and oxygen atoms in total. The van der Waals surface area contributed by atoms with E-state index in [1.54, 1.807) is 7.11 Å². The van der Waals surface area contributed by atoms with Gasteiger partial charge in [0.25, 0.3) is 0 Å². The molecule has 1 atom stereocenters. The van der Waals surface area contributed by atoms with E-state index >= 15 is 0 Å². The molecular formula is C16H24N2O. The van der Waals surface area contributed by atoms with Crippen LogP contribution in [0.3, 0.4) is 0 Å². The molecule has 0 aliphatic rings. The van der Waals surface area contributed by atoms with Gasteiger partial charge in [-0.2, -0.15) is 5.26 Å². The Morgan fingerprint density at radius 2 is 2.00 bits per heavy atom. The lowest BCUT2D eigenvalue weighted by Crippen LogP contribution is -2.25. The Labute approximate surface area is 116 Å². The average molecular weight is 260 g/mol. The van der Waals surface area contributed by atoms with Crippen LogP contribution in [0.5, 0.6) is 5.75 Å². The van der Waals surface area contributed by atoms with E-state index in [0.717, 1.165) is 12.3 Å². The van der Waals surface area contributed by atoms with Crippen LogP contribution in [0.4, 0.5) is 0 Å². The molecule has 0 aliphatic carbocycles. The summed E-state index contributed by atoms with van der Waals surface area (Å²) < 4.78 is 5.43. The topological polar surface area (TPSA) is 45.0 Å². The fourth-order valence-electron chi connectivity index (χ4n) is 2.15. The summed E-state index contributed by atoms with van der Waals surface area (Å²) in [6.45, 7) is 9.76. The molecule has 0 radical (unpaired) electrons. The molecule has 1 aromatic carbocycles. The number of benzene rings is 1. The average Bonchev–Trinajstić information content (AvgIpc) is 2.35. The highest BCUT2D eigenvalue weighted by atomic mass is 16.5. The van der Waals surface area contributed by atoms with E-state index < -0.39 is 0 Å². The van der Waals surface area contributed by atoms with Crippen molar-refractivity contribution in [2.24, 2.45) is 11.8 Å². The van der Waals surface area contributed by atoms with Crippen LogP contribution < -0.4 is 10.1 Å². The van der Waals surface area contributed by atoms with Crippen LogP contribution in [0.15, 0.2) is 12.1 Å². The van der Waals surface area contributed by atoms with Crippen LogP contribution in [-0.2, 0) is 6.54 Å². The summed E-state index contributed by atoms with van der Waals surface area (Å²) in [5.41, 5.74) is 3.60. The molecule has 1 rings (SSSR count). The zero-order chi connectivity index (χ0) is 14.4. The first-order valence-electron chi connectivity index (χ1n) is 6.74. The number of hydrogen-bond donors (Lipinski definition) is 1. The molecule has 0 heterocycles. The molecule has 1 aromatic rings. The number of hydrogen-bond acceptors (Lipinski definition) is 3. The van der Waals surface area contributed by atoms with Gasteiger partial charge in [-0.3, -0.25) is 0 Å². The Morgan fingerprint density at radius 3 is 2.53 bits per heavy atom. The van der Waals surface area contributed by atoms with Gasteiger partial charge in [0.1, 0.15) is 5.75 Å². The minimum Gasteiger partial charge on any atom is -0.496 e. The van der Waals surface area contributed by atoms with Gasteiger partial charge in [0.05, 0.1) is 19.1 Å². The first-order valence-corrected chi connectivity index (χ1v) is 6.74. The van der Waals surface area contributed by atoms with Gasteiger partial charge >= 0.3 is 0 Å². The summed E-state index contributed by atoms with van der Waals surface area (Å²) in [5.74, 6) is 1.35. The third kappa shape index (κ3) is 4.25. The second-order valence-corrected chi connectivity index (χ2v) is 5.37. The maximum Gasteiger partial charge on any atom is 0.123 e. The number of methoxy groups -OCH3 is 1. The summed E-state index contributed by atoms with van der Waals surface area (Å²) in [7, 11) is 1.70. The Kier molecular flexibility index (Phi) is 5.85. The summed E-state index contributed by atoms with van der Waals surface area (Å²) in [5, 5.41) is 12.4. The molecule has 0 saturated carbocycles. The van der Waals surface area contributed by atoms with Gasteiger partial charge < -0.3 is 10.1 Å². The highest BCUT2D eigenvalue weighted by Gasteiger charge is 2.13. The van der Waals surface area contributed by atoms with E-state index in [0.29, 0.717) is 12.5 Å². The third-order valence-electron chi connectivity index (χ3n) is 3.43. The molecule has 0 saturated heterocycles. The SMILES string of the molecule is COc1cc(C)cc(C)c1CNCC(C#N)C(C)C. The van der Waals surface area contributed by atoms with Crippen LogP contribution >= 0.6 is 0 Å². The molecule has 0 spiro atoms. The maximum absolute atomic E-state index is 9.07. The Hall–Kier alpha value is -1.53. The normalized spacial score (nSPS) is 12.3. The lowest BCUT2D eigenvalue weighted by atomic mass is 9.97. The first-order chi connectivity index (χ1) is 8.99. The number of nitriles is 1. The van der Waals surface area contributed by atoms with E-state index in [-0.39, 0.29) is 5.92 Å². The molecule has 0 amide bonds. The van der Waals surface area contributed by atoms with Crippen LogP contribution in [0.25, 0.3) is 0 Å². The minimum atomic E-state index is 0.0525. The van der Waals surface area contributed by atoms with Crippen molar-refractivity contribution in [1.82, 2.24) is 5.32 Å². The second kappa shape index (κ2) is 7.16. The van der Waals surface area contributed by atoms with Gasteiger partial charge in [-0.15, -0.1) is 0 Å². The zero-order valence-corrected chi connectivity index (χ0v) is 12.6. The van der Waals surface area contributed by atoms with E-state index in [1.165, 1.54) is 16.7 Å². The van der Waals surface area contributed by atoms with Crippen LogP contribution in [-0.4, -0.2) is 13.7 Å². The summed E-state index contributed by atoms with van der Waals surface area (Å²) >= 11 is 0. The summed E-state index contributed by atoms with van der Waals surface area (Å²) in [6.07, 6.45) is 0. The smallest absolute Gasteiger partial charge is 0.123 e. The third-order valence-corrected chi connectivity index (χ3v) is 3.43. The largest absolute Gasteiger partial charge is 0.496 e. The van der Waals surface area contributed by atoms with Crippen molar-refractivity contribution in [3.05, 3.63) is 28.8 Å². The quantitative estimate of drug-likeness (QED) is 0.854. The molecule has 0 fully saturated rings. The summed E-state index contributed by atoms with van der Waals surface area (Å²) in [4.78, 5) is 0. The van der Waals surface area contributed by atoms with Gasteiger partial charge in [-0.25, -0.2) is 0 Å². The van der Waals surface area contributed by atoms with Crippen LogP contribution in [0, 0.1) is 37.0 Å². The molecule has 0 bridgehead atoms. The predicted molar refractivity (Wildman–Crippen MR) is 78.1 cm³/mol. The molecule has 1 N–H and O–H groups in total. The van der Waals surface area contributed by atoms with Gasteiger partial charge in [-0.05, 0) is 37.0 Å². The van der Waals surface area contributed by atoms with Gasteiger partial charge in [-0.1, -0.05) is 19.9 Å². The maximum atomic E-state index is 9.07. The standard InChI is InChI=1S/C16H24N2O/c1-11(2)14(8-17)9-18-10-15-13(4)6-12(3)7-16(15)19-5/h6-7,11,14,18H,9-10H2,1-5H3. The molecule has 104 valence electrons. The van der Waals surface area contributed by atoms with Crippen molar-refractivity contribution in [2.75, 3.05) is 13.7 Å². The lowest BCUT2D eigenvalue weighted by Gasteiger charge is -2.16. The molecule has 3 heteroatoms. The fourth-order valence-corrected chi connectivity index (χ4v) is 2.15. The van der Waals surface area contributed by atoms with Crippen molar-refractivity contribution < 1.29 is 4.74 Å². The van der Waals surface area contributed by atoms with Crippen molar-refractivity contribution >= 4 is 0 Å². The second-order valence-electron chi connectivity index (χ2n) is 5.37. The highest BCUT2D eigenvalue weighted by molar-refractivity contribution is 5.42. The Bertz CT molecular complexity index is 461. The van der Waals surface area contributed by atoms with E-state index in [1.807, 2.05) is 6.07 Å².